The number of hydrogen-bond donors (Lipinski definition) is 1. The lowest BCUT2D eigenvalue weighted by atomic mass is 10.2. The van der Waals surface area contributed by atoms with Crippen LogP contribution in [-0.4, -0.2) is 46.8 Å². The van der Waals surface area contributed by atoms with Crippen molar-refractivity contribution >= 4 is 20.8 Å². The first-order valence-corrected chi connectivity index (χ1v) is 10.6. The number of hydrogen-bond acceptors (Lipinski definition) is 6. The summed E-state index contributed by atoms with van der Waals surface area (Å²) in [6, 6.07) is 11.8. The van der Waals surface area contributed by atoms with E-state index in [0.717, 1.165) is 35.2 Å². The topological polar surface area (TPSA) is 88.6 Å². The van der Waals surface area contributed by atoms with Crippen LogP contribution >= 0.6 is 0 Å². The van der Waals surface area contributed by atoms with Gasteiger partial charge in [0.25, 0.3) is 0 Å². The van der Waals surface area contributed by atoms with Crippen LogP contribution in [0, 0.1) is 0 Å². The van der Waals surface area contributed by atoms with Gasteiger partial charge in [-0.15, -0.1) is 0 Å². The number of aliphatic hydroxyl groups excluding tert-OH is 1. The lowest BCUT2D eigenvalue weighted by Gasteiger charge is -2.26. The summed E-state index contributed by atoms with van der Waals surface area (Å²) in [6.07, 6.45) is 0.0216. The van der Waals surface area contributed by atoms with Crippen LogP contribution in [0.4, 0.5) is 0 Å². The highest BCUT2D eigenvalue weighted by atomic mass is 32.2. The summed E-state index contributed by atoms with van der Waals surface area (Å²) in [5, 5.41) is 15.6. The Kier molecular flexibility index (Phi) is 4.34. The number of nitrogens with zero attached hydrogens (tertiary/aromatic N) is 3. The number of sulfone groups is 1. The molecule has 26 heavy (non-hydrogen) atoms. The number of para-hydroxylation sites is 1. The zero-order valence-corrected chi connectivity index (χ0v) is 15.3. The van der Waals surface area contributed by atoms with E-state index in [4.69, 9.17) is 4.42 Å². The van der Waals surface area contributed by atoms with E-state index in [0.29, 0.717) is 25.3 Å². The lowest BCUT2D eigenvalue weighted by Crippen LogP contribution is -2.33. The maximum atomic E-state index is 11.4. The van der Waals surface area contributed by atoms with Gasteiger partial charge in [-0.1, -0.05) is 18.2 Å². The van der Waals surface area contributed by atoms with Gasteiger partial charge >= 0.3 is 0 Å². The molecule has 8 heteroatoms. The normalized spacial score (nSPS) is 16.7. The molecule has 1 aliphatic heterocycles. The smallest absolute Gasteiger partial charge is 0.150 e. The molecular weight excluding hydrogens is 354 g/mol. The number of furan rings is 1. The van der Waals surface area contributed by atoms with E-state index >= 15 is 0 Å². The predicted molar refractivity (Wildman–Crippen MR) is 97.2 cm³/mol. The molecule has 0 saturated heterocycles. The Bertz CT molecular complexity index is 1000. The van der Waals surface area contributed by atoms with Crippen LogP contribution in [0.2, 0.25) is 0 Å². The number of rotatable bonds is 5. The highest BCUT2D eigenvalue weighted by molar-refractivity contribution is 7.90. The highest BCUT2D eigenvalue weighted by Crippen LogP contribution is 2.23. The summed E-state index contributed by atoms with van der Waals surface area (Å²) in [5.41, 5.74) is 2.27. The first kappa shape index (κ1) is 17.3. The van der Waals surface area contributed by atoms with Crippen molar-refractivity contribution in [3.63, 3.8) is 0 Å². The van der Waals surface area contributed by atoms with Gasteiger partial charge in [-0.05, 0) is 18.2 Å². The zero-order valence-electron chi connectivity index (χ0n) is 14.5. The molecule has 138 valence electrons. The van der Waals surface area contributed by atoms with Crippen molar-refractivity contribution in [2.75, 3.05) is 18.6 Å². The van der Waals surface area contributed by atoms with Gasteiger partial charge < -0.3 is 9.52 Å². The summed E-state index contributed by atoms with van der Waals surface area (Å²) in [7, 11) is -3.26. The fraction of sp³-hybridized carbons (Fsp3) is 0.389. The summed E-state index contributed by atoms with van der Waals surface area (Å²) in [4.78, 5) is 2.25. The first-order valence-electron chi connectivity index (χ1n) is 8.49. The second-order valence-corrected chi connectivity index (χ2v) is 9.04. The zero-order chi connectivity index (χ0) is 18.3. The van der Waals surface area contributed by atoms with Crippen molar-refractivity contribution in [2.24, 2.45) is 0 Å². The molecular formula is C18H21N3O4S. The average Bonchev–Trinajstić information content (AvgIpc) is 3.15. The van der Waals surface area contributed by atoms with Gasteiger partial charge in [-0.3, -0.25) is 9.58 Å². The van der Waals surface area contributed by atoms with Crippen LogP contribution < -0.4 is 0 Å². The van der Waals surface area contributed by atoms with Gasteiger partial charge in [0.1, 0.15) is 27.3 Å². The molecule has 0 bridgehead atoms. The van der Waals surface area contributed by atoms with Gasteiger partial charge in [-0.2, -0.15) is 5.10 Å². The summed E-state index contributed by atoms with van der Waals surface area (Å²) in [6.45, 7) is 2.88. The van der Waals surface area contributed by atoms with Crippen molar-refractivity contribution in [1.82, 2.24) is 14.7 Å². The first-order chi connectivity index (χ1) is 12.4. The molecule has 7 nitrogen and oxygen atoms in total. The van der Waals surface area contributed by atoms with Crippen LogP contribution in [0.3, 0.4) is 0 Å². The largest absolute Gasteiger partial charge is 0.460 e. The Balaban J connectivity index is 1.47. The monoisotopic (exact) mass is 375 g/mol. The molecule has 0 fully saturated rings. The van der Waals surface area contributed by atoms with Gasteiger partial charge in [0.15, 0.2) is 0 Å². The standard InChI is InChI=1S/C18H21N3O4S/c1-26(23,24)12-17(22)16-9-14-10-20(6-7-21(14)19-16)11-15-8-13-4-2-3-5-18(13)25-15/h2-5,8-9,17,22H,6-7,10-12H2,1H3. The molecule has 1 unspecified atom stereocenters. The number of fused-ring (bicyclic) bond motifs is 2. The van der Waals surface area contributed by atoms with E-state index in [2.05, 4.69) is 16.1 Å². The number of aromatic nitrogens is 2. The van der Waals surface area contributed by atoms with Crippen molar-refractivity contribution in [3.8, 4) is 0 Å². The lowest BCUT2D eigenvalue weighted by molar-refractivity contribution is 0.186. The van der Waals surface area contributed by atoms with Crippen LogP contribution in [0.15, 0.2) is 40.8 Å². The molecule has 3 aromatic rings. The fourth-order valence-corrected chi connectivity index (χ4v) is 4.09. The third-order valence-electron chi connectivity index (χ3n) is 4.55. The van der Waals surface area contributed by atoms with Gasteiger partial charge in [-0.25, -0.2) is 8.42 Å². The molecule has 1 aliphatic rings. The maximum absolute atomic E-state index is 11.4. The molecule has 1 aromatic carbocycles. The minimum absolute atomic E-state index is 0.313. The maximum Gasteiger partial charge on any atom is 0.150 e. The van der Waals surface area contributed by atoms with Crippen molar-refractivity contribution in [3.05, 3.63) is 53.5 Å². The summed E-state index contributed by atoms with van der Waals surface area (Å²) in [5.74, 6) is 0.600. The molecule has 0 aliphatic carbocycles. The van der Waals surface area contributed by atoms with E-state index in [9.17, 15) is 13.5 Å². The molecule has 1 N–H and O–H groups in total. The molecule has 0 spiro atoms. The fourth-order valence-electron chi connectivity index (χ4n) is 3.35. The van der Waals surface area contributed by atoms with E-state index < -0.39 is 15.9 Å². The summed E-state index contributed by atoms with van der Waals surface area (Å²) < 4.78 is 30.5. The molecule has 0 radical (unpaired) electrons. The Morgan fingerprint density at radius 3 is 2.85 bits per heavy atom. The molecule has 0 saturated carbocycles. The molecule has 0 amide bonds. The van der Waals surface area contributed by atoms with E-state index in [-0.39, 0.29) is 5.75 Å². The van der Waals surface area contributed by atoms with Crippen LogP contribution in [0.1, 0.15) is 23.3 Å². The third kappa shape index (κ3) is 3.67. The van der Waals surface area contributed by atoms with Crippen molar-refractivity contribution in [2.45, 2.75) is 25.7 Å². The minimum atomic E-state index is -3.26. The van der Waals surface area contributed by atoms with Gasteiger partial charge in [0.05, 0.1) is 30.2 Å². The highest BCUT2D eigenvalue weighted by Gasteiger charge is 2.23. The van der Waals surface area contributed by atoms with E-state index in [1.54, 1.807) is 6.07 Å². The molecule has 1 atom stereocenters. The molecule has 2 aromatic heterocycles. The second-order valence-electron chi connectivity index (χ2n) is 6.85. The number of aliphatic hydroxyl groups is 1. The SMILES string of the molecule is CS(=O)(=O)CC(O)c1cc2n(n1)CCN(Cc1cc3ccccc3o1)C2. The Labute approximate surface area is 151 Å². The van der Waals surface area contributed by atoms with E-state index in [1.165, 1.54) is 0 Å². The van der Waals surface area contributed by atoms with Crippen LogP contribution in [0.25, 0.3) is 11.0 Å². The molecule has 3 heterocycles. The Morgan fingerprint density at radius 1 is 1.27 bits per heavy atom. The van der Waals surface area contributed by atoms with E-state index in [1.807, 2.05) is 28.9 Å². The van der Waals surface area contributed by atoms with Gasteiger partial charge in [0.2, 0.25) is 0 Å². The van der Waals surface area contributed by atoms with Crippen LogP contribution in [0.5, 0.6) is 0 Å². The van der Waals surface area contributed by atoms with Crippen molar-refractivity contribution < 1.29 is 17.9 Å². The minimum Gasteiger partial charge on any atom is -0.460 e. The van der Waals surface area contributed by atoms with Gasteiger partial charge in [0, 0.05) is 24.7 Å². The average molecular weight is 375 g/mol. The predicted octanol–water partition coefficient (Wildman–Crippen LogP) is 1.72. The van der Waals surface area contributed by atoms with Crippen LogP contribution in [-0.2, 0) is 29.5 Å². The third-order valence-corrected chi connectivity index (χ3v) is 5.48. The molecule has 4 rings (SSSR count). The quantitative estimate of drug-likeness (QED) is 0.731. The Hall–Kier alpha value is -2.16. The summed E-state index contributed by atoms with van der Waals surface area (Å²) >= 11 is 0. The number of benzene rings is 1. The second kappa shape index (κ2) is 6.53. The van der Waals surface area contributed by atoms with Crippen molar-refractivity contribution in [1.29, 1.82) is 0 Å². The Morgan fingerprint density at radius 2 is 2.08 bits per heavy atom.